The van der Waals surface area contributed by atoms with Crippen LogP contribution in [-0.2, 0) is 36.6 Å². The van der Waals surface area contributed by atoms with Crippen molar-refractivity contribution < 1.29 is 89.1 Å². The molecule has 13 N–H and O–H groups in total. The molecule has 21 nitrogen and oxygen atoms in total. The number of aliphatic hydroxyl groups is 7. The highest BCUT2D eigenvalue weighted by Gasteiger charge is 2.52. The van der Waals surface area contributed by atoms with Gasteiger partial charge in [0.25, 0.3) is 0 Å². The molecule has 2 aromatic heterocycles. The van der Waals surface area contributed by atoms with Crippen molar-refractivity contribution in [2.45, 2.75) is 74.3 Å². The molecule has 300 valence electrons. The van der Waals surface area contributed by atoms with E-state index in [2.05, 4.69) is 4.98 Å². The van der Waals surface area contributed by atoms with Crippen LogP contribution < -0.4 is 15.9 Å². The number of anilines is 1. The number of rotatable bonds is 10. The van der Waals surface area contributed by atoms with Crippen molar-refractivity contribution in [3.8, 4) is 34.3 Å². The summed E-state index contributed by atoms with van der Waals surface area (Å²) in [6.07, 6.45) is -20.8. The van der Waals surface area contributed by atoms with Crippen LogP contribution in [0.15, 0.2) is 51.8 Å². The molecule has 56 heavy (non-hydrogen) atoms. The van der Waals surface area contributed by atoms with E-state index >= 15 is 0 Å². The molecular formula is C35H36N2O19. The van der Waals surface area contributed by atoms with Gasteiger partial charge in [0.05, 0.1) is 0 Å². The van der Waals surface area contributed by atoms with Gasteiger partial charge in [-0.25, -0.2) is 14.6 Å². The number of phenolic OH excluding ortho intramolecular Hbond substituents is 3. The quantitative estimate of drug-likeness (QED) is 0.0574. The number of fused-ring (bicyclic) bond motifs is 1. The third-order valence-corrected chi connectivity index (χ3v) is 9.21. The number of aromatic hydroxyl groups is 3. The molecule has 2 saturated heterocycles. The van der Waals surface area contributed by atoms with Crippen LogP contribution >= 0.6 is 0 Å². The van der Waals surface area contributed by atoms with Crippen LogP contribution in [0.5, 0.6) is 23.0 Å². The Morgan fingerprint density at radius 2 is 1.48 bits per heavy atom. The number of ether oxygens (including phenoxy) is 4. The Bertz CT molecular complexity index is 2180. The number of hydrogen-bond acceptors (Lipinski definition) is 20. The average Bonchev–Trinajstić information content (AvgIpc) is 3.15. The van der Waals surface area contributed by atoms with Crippen LogP contribution in [0.3, 0.4) is 0 Å². The monoisotopic (exact) mass is 788 g/mol. The van der Waals surface area contributed by atoms with Gasteiger partial charge in [-0.1, -0.05) is 6.07 Å². The van der Waals surface area contributed by atoms with Gasteiger partial charge < -0.3 is 85.3 Å². The maximum Gasteiger partial charge on any atom is 0.340 e. The second-order valence-corrected chi connectivity index (χ2v) is 13.0. The number of carboxylic acids is 1. The summed E-state index contributed by atoms with van der Waals surface area (Å²) in [5.41, 5.74) is 5.04. The number of carboxylic acid groups (broad SMARTS) is 1. The van der Waals surface area contributed by atoms with Crippen molar-refractivity contribution >= 4 is 28.7 Å². The van der Waals surface area contributed by atoms with Gasteiger partial charge in [0.2, 0.25) is 12.6 Å². The predicted octanol–water partition coefficient (Wildman–Crippen LogP) is -2.70. The van der Waals surface area contributed by atoms with Gasteiger partial charge in [-0.15, -0.1) is 0 Å². The maximum atomic E-state index is 13.5. The average molecular weight is 789 g/mol. The standard InChI is InChI=1S/C35H36N2O19/c36-20-2-1-11(10-37-20)5-14-18(9-19-21(23(14)42)15(39)8-17(52-19)13-6-12(3-4-38)22(41)16(40)7-13)53-34-28(47)25(44)27(46)31(55-34)33(51)56-35-29(48)24(43)26(45)30(54-35)32(49)50/h1-2,6-10,24-31,34-35,38,40-48H,3-5H2,(H2,36,37)(H,49,50). The molecule has 0 amide bonds. The Kier molecular flexibility index (Phi) is 11.3. The molecule has 0 aliphatic carbocycles. The van der Waals surface area contributed by atoms with Crippen LogP contribution in [0, 0.1) is 0 Å². The molecule has 6 rings (SSSR count). The first kappa shape index (κ1) is 40.1. The first-order chi connectivity index (χ1) is 26.5. The molecule has 10 unspecified atom stereocenters. The Morgan fingerprint density at radius 1 is 0.821 bits per heavy atom. The van der Waals surface area contributed by atoms with Crippen LogP contribution in [-0.4, -0.2) is 141 Å². The lowest BCUT2D eigenvalue weighted by Crippen LogP contribution is -2.63. The lowest BCUT2D eigenvalue weighted by atomic mass is 9.97. The SMILES string of the molecule is Nc1ccc(Cc2c(OC3OC(C(=O)OC4OC(C(=O)O)C(O)C(O)C4O)C(O)C(O)C3O)cc3oc(-c4cc(O)c(O)c(CCO)c4)cc(=O)c3c2O)cn1. The second-order valence-electron chi connectivity index (χ2n) is 13.0. The first-order valence-electron chi connectivity index (χ1n) is 16.7. The number of nitrogens with two attached hydrogens (primary N) is 1. The lowest BCUT2D eigenvalue weighted by Gasteiger charge is -2.41. The highest BCUT2D eigenvalue weighted by atomic mass is 16.7. The summed E-state index contributed by atoms with van der Waals surface area (Å²) in [5, 5.41) is 113. The number of pyridine rings is 1. The van der Waals surface area contributed by atoms with Crippen molar-refractivity contribution in [2.75, 3.05) is 12.3 Å². The fourth-order valence-corrected chi connectivity index (χ4v) is 6.21. The number of aromatic nitrogens is 1. The molecule has 21 heteroatoms. The smallest absolute Gasteiger partial charge is 0.340 e. The van der Waals surface area contributed by atoms with Crippen molar-refractivity contribution in [1.82, 2.24) is 4.98 Å². The van der Waals surface area contributed by atoms with Crippen molar-refractivity contribution in [1.29, 1.82) is 0 Å². The number of esters is 1. The van der Waals surface area contributed by atoms with E-state index in [4.69, 9.17) is 29.1 Å². The minimum absolute atomic E-state index is 0.0752. The van der Waals surface area contributed by atoms with Gasteiger partial charge in [0.1, 0.15) is 70.7 Å². The third-order valence-electron chi connectivity index (χ3n) is 9.21. The molecule has 4 heterocycles. The Labute approximate surface area is 313 Å². The van der Waals surface area contributed by atoms with E-state index in [-0.39, 0.29) is 57.8 Å². The van der Waals surface area contributed by atoms with Crippen LogP contribution in [0.1, 0.15) is 16.7 Å². The van der Waals surface area contributed by atoms with Crippen molar-refractivity contribution in [2.24, 2.45) is 0 Å². The second kappa shape index (κ2) is 15.9. The van der Waals surface area contributed by atoms with Crippen LogP contribution in [0.2, 0.25) is 0 Å². The van der Waals surface area contributed by atoms with Gasteiger partial charge in [-0.2, -0.15) is 0 Å². The van der Waals surface area contributed by atoms with E-state index in [1.807, 2.05) is 0 Å². The van der Waals surface area contributed by atoms with Gasteiger partial charge in [0, 0.05) is 48.0 Å². The summed E-state index contributed by atoms with van der Waals surface area (Å²) in [6.45, 7) is -0.396. The molecule has 0 spiro atoms. The highest BCUT2D eigenvalue weighted by Crippen LogP contribution is 2.41. The largest absolute Gasteiger partial charge is 0.507 e. The minimum atomic E-state index is -2.25. The number of aliphatic carboxylic acids is 1. The van der Waals surface area contributed by atoms with E-state index in [1.54, 1.807) is 0 Å². The minimum Gasteiger partial charge on any atom is -0.507 e. The van der Waals surface area contributed by atoms with Gasteiger partial charge >= 0.3 is 11.9 Å². The van der Waals surface area contributed by atoms with Crippen molar-refractivity contribution in [3.63, 3.8) is 0 Å². The number of benzene rings is 2. The number of nitrogen functional groups attached to an aromatic ring is 1. The Morgan fingerprint density at radius 3 is 2.12 bits per heavy atom. The Balaban J connectivity index is 1.38. The van der Waals surface area contributed by atoms with Crippen molar-refractivity contribution in [3.05, 3.63) is 69.5 Å². The molecule has 2 aromatic carbocycles. The van der Waals surface area contributed by atoms with Gasteiger partial charge in [-0.3, -0.25) is 4.79 Å². The maximum absolute atomic E-state index is 13.5. The van der Waals surface area contributed by atoms with Crippen LogP contribution in [0.4, 0.5) is 5.82 Å². The zero-order valence-electron chi connectivity index (χ0n) is 28.6. The summed E-state index contributed by atoms with van der Waals surface area (Å²) >= 11 is 0. The summed E-state index contributed by atoms with van der Waals surface area (Å²) < 4.78 is 27.2. The summed E-state index contributed by atoms with van der Waals surface area (Å²) in [6, 6.07) is 7.50. The molecule has 2 aliphatic rings. The molecule has 10 atom stereocenters. The number of phenols is 3. The molecule has 0 radical (unpaired) electrons. The predicted molar refractivity (Wildman–Crippen MR) is 183 cm³/mol. The normalized spacial score (nSPS) is 27.8. The molecule has 0 saturated carbocycles. The highest BCUT2D eigenvalue weighted by molar-refractivity contribution is 5.88. The number of aliphatic hydroxyl groups excluding tert-OH is 7. The molecular weight excluding hydrogens is 752 g/mol. The fraction of sp³-hybridized carbons (Fsp3) is 0.371. The lowest BCUT2D eigenvalue weighted by molar-refractivity contribution is -0.302. The van der Waals surface area contributed by atoms with Crippen LogP contribution in [0.25, 0.3) is 22.3 Å². The first-order valence-corrected chi connectivity index (χ1v) is 16.7. The number of carbonyl (C=O) groups is 2. The number of carbonyl (C=O) groups excluding carboxylic acids is 1. The molecule has 0 bridgehead atoms. The summed E-state index contributed by atoms with van der Waals surface area (Å²) in [5.74, 6) is -5.60. The van der Waals surface area contributed by atoms with E-state index in [0.717, 1.165) is 18.2 Å². The molecule has 2 aliphatic heterocycles. The van der Waals surface area contributed by atoms with E-state index in [9.17, 15) is 70.6 Å². The molecule has 2 fully saturated rings. The van der Waals surface area contributed by atoms with E-state index < -0.39 is 103 Å². The fourth-order valence-electron chi connectivity index (χ4n) is 6.21. The van der Waals surface area contributed by atoms with Gasteiger partial charge in [-0.05, 0) is 30.2 Å². The number of hydrogen-bond donors (Lipinski definition) is 12. The van der Waals surface area contributed by atoms with Gasteiger partial charge in [0.15, 0.2) is 29.1 Å². The van der Waals surface area contributed by atoms with E-state index in [0.29, 0.717) is 5.56 Å². The Hall–Kier alpha value is -5.62. The summed E-state index contributed by atoms with van der Waals surface area (Å²) in [7, 11) is 0. The molecule has 4 aromatic rings. The third kappa shape index (κ3) is 7.62. The topological polar surface area (TPSA) is 363 Å². The van der Waals surface area contributed by atoms with E-state index in [1.165, 1.54) is 24.4 Å². The number of nitrogens with zero attached hydrogens (tertiary/aromatic N) is 1. The summed E-state index contributed by atoms with van der Waals surface area (Å²) in [4.78, 5) is 42.3. The zero-order chi connectivity index (χ0) is 40.7. The zero-order valence-corrected chi connectivity index (χ0v) is 28.6.